The monoisotopic (exact) mass is 311 g/mol. The predicted molar refractivity (Wildman–Crippen MR) is 88.8 cm³/mol. The van der Waals surface area contributed by atoms with Gasteiger partial charge in [-0.05, 0) is 44.5 Å². The highest BCUT2D eigenvalue weighted by atomic mass is 35.5. The maximum Gasteiger partial charge on any atom is 0.253 e. The Labute approximate surface area is 133 Å². The van der Waals surface area contributed by atoms with E-state index in [9.17, 15) is 4.79 Å². The van der Waals surface area contributed by atoms with Gasteiger partial charge in [0.05, 0.1) is 0 Å². The molecule has 0 radical (unpaired) electrons. The average molecular weight is 312 g/mol. The van der Waals surface area contributed by atoms with Gasteiger partial charge in [0.2, 0.25) is 0 Å². The third kappa shape index (κ3) is 4.19. The van der Waals surface area contributed by atoms with Gasteiger partial charge in [0.1, 0.15) is 0 Å². The number of carbonyl (C=O) groups excluding carboxylic acids is 1. The molecule has 1 aromatic rings. The van der Waals surface area contributed by atoms with Gasteiger partial charge < -0.3 is 15.5 Å². The van der Waals surface area contributed by atoms with Gasteiger partial charge in [0.15, 0.2) is 0 Å². The van der Waals surface area contributed by atoms with Crippen molar-refractivity contribution < 1.29 is 4.79 Å². The molecule has 1 aromatic carbocycles. The molecule has 21 heavy (non-hydrogen) atoms. The molecule has 2 unspecified atom stereocenters. The molecule has 0 aliphatic carbocycles. The van der Waals surface area contributed by atoms with Crippen LogP contribution in [0.4, 0.5) is 0 Å². The Bertz CT molecular complexity index is 463. The fourth-order valence-corrected chi connectivity index (χ4v) is 2.77. The van der Waals surface area contributed by atoms with E-state index in [1.807, 2.05) is 36.2 Å². The van der Waals surface area contributed by atoms with Gasteiger partial charge in [-0.3, -0.25) is 4.79 Å². The first-order valence-electron chi connectivity index (χ1n) is 7.29. The van der Waals surface area contributed by atoms with E-state index in [0.29, 0.717) is 18.6 Å². The highest BCUT2D eigenvalue weighted by Crippen LogP contribution is 2.21. The molecular formula is C16H26ClN3O. The van der Waals surface area contributed by atoms with Gasteiger partial charge in [-0.25, -0.2) is 0 Å². The second-order valence-electron chi connectivity index (χ2n) is 5.82. The van der Waals surface area contributed by atoms with Crippen molar-refractivity contribution in [3.63, 3.8) is 0 Å². The average Bonchev–Trinajstić information content (AvgIpc) is 2.48. The number of carbonyl (C=O) groups is 1. The summed E-state index contributed by atoms with van der Waals surface area (Å²) in [6.07, 6.45) is 2.09. The summed E-state index contributed by atoms with van der Waals surface area (Å²) < 4.78 is 0. The number of likely N-dealkylation sites (tertiary alicyclic amines) is 1. The third-order valence-corrected chi connectivity index (χ3v) is 4.49. The number of nitrogens with zero attached hydrogens (tertiary/aromatic N) is 2. The predicted octanol–water partition coefficient (Wildman–Crippen LogP) is 2.12. The number of piperidine rings is 1. The minimum Gasteiger partial charge on any atom is -0.339 e. The number of halogens is 1. The first-order valence-corrected chi connectivity index (χ1v) is 7.29. The fraction of sp³-hybridized carbons (Fsp3) is 0.562. The first-order chi connectivity index (χ1) is 9.52. The summed E-state index contributed by atoms with van der Waals surface area (Å²) in [5, 5.41) is 0. The zero-order valence-electron chi connectivity index (χ0n) is 13.1. The summed E-state index contributed by atoms with van der Waals surface area (Å²) in [6, 6.07) is 8.47. The molecule has 1 heterocycles. The molecule has 0 spiro atoms. The number of benzene rings is 1. The molecule has 4 nitrogen and oxygen atoms in total. The Morgan fingerprint density at radius 2 is 2.00 bits per heavy atom. The summed E-state index contributed by atoms with van der Waals surface area (Å²) in [5.74, 6) is 0.107. The second kappa shape index (κ2) is 7.78. The zero-order valence-corrected chi connectivity index (χ0v) is 13.9. The van der Waals surface area contributed by atoms with E-state index < -0.39 is 0 Å². The Morgan fingerprint density at radius 1 is 1.38 bits per heavy atom. The largest absolute Gasteiger partial charge is 0.339 e. The van der Waals surface area contributed by atoms with Gasteiger partial charge in [-0.1, -0.05) is 12.1 Å². The van der Waals surface area contributed by atoms with Crippen molar-refractivity contribution in [2.24, 2.45) is 5.73 Å². The number of amides is 1. The number of hydrogen-bond acceptors (Lipinski definition) is 3. The van der Waals surface area contributed by atoms with Gasteiger partial charge in [0, 0.05) is 37.8 Å². The molecule has 0 saturated carbocycles. The standard InChI is InChI=1S/C16H25N3O.ClH/c1-12-10-15(8-9-18(12)2)19(3)16(20)14-6-4-13(11-17)5-7-14;/h4-7,12,15H,8-11,17H2,1-3H3;1H. The van der Waals surface area contributed by atoms with Crippen LogP contribution in [0.1, 0.15) is 35.7 Å². The van der Waals surface area contributed by atoms with Crippen molar-refractivity contribution in [2.45, 2.75) is 38.4 Å². The molecule has 2 rings (SSSR count). The van der Waals surface area contributed by atoms with Crippen molar-refractivity contribution in [1.29, 1.82) is 0 Å². The van der Waals surface area contributed by atoms with Crippen molar-refractivity contribution in [2.75, 3.05) is 20.6 Å². The molecule has 118 valence electrons. The maximum atomic E-state index is 12.5. The summed E-state index contributed by atoms with van der Waals surface area (Å²) in [5.41, 5.74) is 7.38. The van der Waals surface area contributed by atoms with Crippen molar-refractivity contribution in [1.82, 2.24) is 9.80 Å². The Hall–Kier alpha value is -1.10. The normalized spacial score (nSPS) is 22.5. The zero-order chi connectivity index (χ0) is 14.7. The molecule has 1 aliphatic rings. The number of hydrogen-bond donors (Lipinski definition) is 1. The lowest BCUT2D eigenvalue weighted by atomic mass is 9.97. The highest BCUT2D eigenvalue weighted by Gasteiger charge is 2.28. The van der Waals surface area contributed by atoms with Crippen LogP contribution in [0.5, 0.6) is 0 Å². The SMILES string of the molecule is CC1CC(N(C)C(=O)c2ccc(CN)cc2)CCN1C.Cl. The van der Waals surface area contributed by atoms with E-state index in [2.05, 4.69) is 18.9 Å². The maximum absolute atomic E-state index is 12.5. The third-order valence-electron chi connectivity index (χ3n) is 4.49. The van der Waals surface area contributed by atoms with Crippen LogP contribution in [-0.2, 0) is 6.54 Å². The lowest BCUT2D eigenvalue weighted by Gasteiger charge is -2.39. The highest BCUT2D eigenvalue weighted by molar-refractivity contribution is 5.94. The smallest absolute Gasteiger partial charge is 0.253 e. The Kier molecular flexibility index (Phi) is 6.65. The van der Waals surface area contributed by atoms with Crippen LogP contribution >= 0.6 is 12.4 Å². The van der Waals surface area contributed by atoms with Gasteiger partial charge in [-0.2, -0.15) is 0 Å². The van der Waals surface area contributed by atoms with Crippen molar-refractivity contribution >= 4 is 18.3 Å². The summed E-state index contributed by atoms with van der Waals surface area (Å²) in [4.78, 5) is 16.8. The second-order valence-corrected chi connectivity index (χ2v) is 5.82. The number of rotatable bonds is 3. The minimum absolute atomic E-state index is 0. The molecule has 1 amide bonds. The minimum atomic E-state index is 0. The molecule has 2 atom stereocenters. The van der Waals surface area contributed by atoms with Crippen molar-refractivity contribution in [3.8, 4) is 0 Å². The van der Waals surface area contributed by atoms with Crippen LogP contribution in [0, 0.1) is 0 Å². The van der Waals surface area contributed by atoms with E-state index in [1.54, 1.807) is 0 Å². The Balaban J connectivity index is 0.00000220. The molecule has 1 saturated heterocycles. The van der Waals surface area contributed by atoms with Crippen molar-refractivity contribution in [3.05, 3.63) is 35.4 Å². The molecular weight excluding hydrogens is 286 g/mol. The van der Waals surface area contributed by atoms with Gasteiger partial charge >= 0.3 is 0 Å². The van der Waals surface area contributed by atoms with Crippen LogP contribution in [0.3, 0.4) is 0 Å². The molecule has 2 N–H and O–H groups in total. The van der Waals surface area contributed by atoms with E-state index >= 15 is 0 Å². The van der Waals surface area contributed by atoms with Crippen LogP contribution < -0.4 is 5.73 Å². The van der Waals surface area contributed by atoms with E-state index in [0.717, 1.165) is 30.5 Å². The number of nitrogens with two attached hydrogens (primary N) is 1. The quantitative estimate of drug-likeness (QED) is 0.930. The van der Waals surface area contributed by atoms with Crippen LogP contribution in [0.15, 0.2) is 24.3 Å². The Morgan fingerprint density at radius 3 is 2.52 bits per heavy atom. The van der Waals surface area contributed by atoms with Gasteiger partial charge in [-0.15, -0.1) is 12.4 Å². The van der Waals surface area contributed by atoms with Gasteiger partial charge in [0.25, 0.3) is 5.91 Å². The van der Waals surface area contributed by atoms with Crippen LogP contribution in [-0.4, -0.2) is 48.4 Å². The lowest BCUT2D eigenvalue weighted by Crippen LogP contribution is -2.48. The van der Waals surface area contributed by atoms with E-state index in [4.69, 9.17) is 5.73 Å². The molecule has 1 fully saturated rings. The fourth-order valence-electron chi connectivity index (χ4n) is 2.77. The summed E-state index contributed by atoms with van der Waals surface area (Å²) in [6.45, 7) is 3.78. The summed E-state index contributed by atoms with van der Waals surface area (Å²) >= 11 is 0. The van der Waals surface area contributed by atoms with E-state index in [-0.39, 0.29) is 18.3 Å². The summed E-state index contributed by atoms with van der Waals surface area (Å²) in [7, 11) is 4.07. The van der Waals surface area contributed by atoms with E-state index in [1.165, 1.54) is 0 Å². The topological polar surface area (TPSA) is 49.6 Å². The first kappa shape index (κ1) is 18.0. The lowest BCUT2D eigenvalue weighted by molar-refractivity contribution is 0.0598. The van der Waals surface area contributed by atoms with Crippen LogP contribution in [0.2, 0.25) is 0 Å². The van der Waals surface area contributed by atoms with Crippen LogP contribution in [0.25, 0.3) is 0 Å². The molecule has 0 bridgehead atoms. The molecule has 1 aliphatic heterocycles. The molecule has 5 heteroatoms. The molecule has 0 aromatic heterocycles.